The lowest BCUT2D eigenvalue weighted by Crippen LogP contribution is -1.22. The number of hydrogen-bond acceptors (Lipinski definition) is 2. The van der Waals surface area contributed by atoms with Crippen LogP contribution in [0.4, 0.5) is 0 Å². The minimum absolute atomic E-state index is 0. The Balaban J connectivity index is -0.0000000275. The molecule has 0 aliphatic carbocycles. The molecule has 0 atom stereocenters. The van der Waals surface area contributed by atoms with Crippen LogP contribution in [-0.4, -0.2) is 18.0 Å². The molecule has 4 heteroatoms. The molecule has 0 spiro atoms. The highest BCUT2D eigenvalue weighted by Gasteiger charge is 1.13. The molecule has 0 saturated heterocycles. The fraction of sp³-hybridized carbons (Fsp3) is 0.500. The van der Waals surface area contributed by atoms with Crippen LogP contribution in [0, 0.1) is 0 Å². The summed E-state index contributed by atoms with van der Waals surface area (Å²) in [5, 5.41) is 0. The van der Waals surface area contributed by atoms with Gasteiger partial charge in [-0.15, -0.1) is 11.6 Å². The van der Waals surface area contributed by atoms with Crippen molar-refractivity contribution >= 4 is 17.8 Å². The molecule has 0 radical (unpaired) electrons. The second kappa shape index (κ2) is 154. The van der Waals surface area contributed by atoms with E-state index in [0.717, 1.165) is 0 Å². The number of alkyl halides is 1. The molecule has 38 valence electrons. The molecule has 0 bridgehead atoms. The van der Waals surface area contributed by atoms with Crippen molar-refractivity contribution in [3.63, 3.8) is 0 Å². The summed E-state index contributed by atoms with van der Waals surface area (Å²) in [6.07, 6.45) is 1.72. The van der Waals surface area contributed by atoms with Gasteiger partial charge in [0, 0.05) is 6.38 Å². The van der Waals surface area contributed by atoms with Crippen LogP contribution in [-0.2, 0) is 9.59 Å². The predicted octanol–water partition coefficient (Wildman–Crippen LogP) is -0.553. The van der Waals surface area contributed by atoms with Crippen molar-refractivity contribution in [2.24, 2.45) is 0 Å². The Morgan fingerprint density at radius 2 is 1.33 bits per heavy atom. The van der Waals surface area contributed by atoms with Crippen molar-refractivity contribution < 1.29 is 15.1 Å². The summed E-state index contributed by atoms with van der Waals surface area (Å²) in [6, 6.07) is 0. The molecule has 0 amide bonds. The Labute approximate surface area is 40.2 Å². The lowest BCUT2D eigenvalue weighted by molar-refractivity contribution is -0.191. The lowest BCUT2D eigenvalue weighted by atomic mass is 11.8. The van der Waals surface area contributed by atoms with Gasteiger partial charge < -0.3 is 5.48 Å². The standard InChI is InChI=1S/CH3Cl.CO2.H2O/c1-2;2-1-3;/h1H3;;1H2. The minimum atomic E-state index is 0. The van der Waals surface area contributed by atoms with E-state index < -0.39 is 0 Å². The first-order valence-corrected chi connectivity index (χ1v) is 1.54. The van der Waals surface area contributed by atoms with Crippen LogP contribution in [0.15, 0.2) is 0 Å². The first kappa shape index (κ1) is 17.4. The fourth-order valence-electron chi connectivity index (χ4n) is 0. The maximum atomic E-state index is 8.12. The van der Waals surface area contributed by atoms with E-state index in [9.17, 15) is 0 Å². The molecule has 0 aliphatic heterocycles. The van der Waals surface area contributed by atoms with Gasteiger partial charge in [0.15, 0.2) is 0 Å². The van der Waals surface area contributed by atoms with E-state index in [2.05, 4.69) is 11.6 Å². The molecule has 0 aromatic heterocycles. The van der Waals surface area contributed by atoms with E-state index in [-0.39, 0.29) is 11.6 Å². The number of carbonyl (C=O) groups excluding carboxylic acids is 2. The van der Waals surface area contributed by atoms with Crippen molar-refractivity contribution in [1.82, 2.24) is 0 Å². The monoisotopic (exact) mass is 112 g/mol. The third kappa shape index (κ3) is 183. The highest BCUT2D eigenvalue weighted by Crippen LogP contribution is 1.34. The van der Waals surface area contributed by atoms with Crippen LogP contribution in [0.3, 0.4) is 0 Å². The molecule has 0 aromatic carbocycles. The van der Waals surface area contributed by atoms with Gasteiger partial charge in [0.25, 0.3) is 0 Å². The molecule has 6 heavy (non-hydrogen) atoms. The van der Waals surface area contributed by atoms with Crippen LogP contribution >= 0.6 is 11.6 Å². The quantitative estimate of drug-likeness (QED) is 0.395. The number of halogens is 1. The van der Waals surface area contributed by atoms with Crippen LogP contribution in [0.5, 0.6) is 0 Å². The maximum absolute atomic E-state index is 8.12. The van der Waals surface area contributed by atoms with Crippen molar-refractivity contribution in [3.05, 3.63) is 0 Å². The normalized spacial score (nSPS) is 2.33. The van der Waals surface area contributed by atoms with E-state index >= 15 is 0 Å². The van der Waals surface area contributed by atoms with E-state index in [1.165, 1.54) is 6.38 Å². The summed E-state index contributed by atoms with van der Waals surface area (Å²) >= 11 is 4.64. The summed E-state index contributed by atoms with van der Waals surface area (Å²) in [4.78, 5) is 16.2. The largest absolute Gasteiger partial charge is 0.412 e. The average molecular weight is 113 g/mol. The molecule has 0 fully saturated rings. The average Bonchev–Trinajstić information content (AvgIpc) is 1.46. The third-order valence-corrected chi connectivity index (χ3v) is 0. The summed E-state index contributed by atoms with van der Waals surface area (Å²) in [5.74, 6) is 0. The number of rotatable bonds is 0. The van der Waals surface area contributed by atoms with Gasteiger partial charge >= 0.3 is 6.15 Å². The van der Waals surface area contributed by atoms with Gasteiger partial charge in [0.05, 0.1) is 0 Å². The second-order valence-corrected chi connectivity index (χ2v) is 0.0833. The Morgan fingerprint density at radius 1 is 1.33 bits per heavy atom. The fourth-order valence-corrected chi connectivity index (χ4v) is 0. The van der Waals surface area contributed by atoms with Crippen molar-refractivity contribution in [1.29, 1.82) is 0 Å². The van der Waals surface area contributed by atoms with Gasteiger partial charge in [-0.3, -0.25) is 0 Å². The van der Waals surface area contributed by atoms with Gasteiger partial charge in [-0.25, -0.2) is 0 Å². The Kier molecular flexibility index (Phi) is 447. The third-order valence-electron chi connectivity index (χ3n) is 0. The van der Waals surface area contributed by atoms with Gasteiger partial charge in [0.2, 0.25) is 0 Å². The smallest absolute Gasteiger partial charge is 0.373 e. The maximum Gasteiger partial charge on any atom is 0.373 e. The van der Waals surface area contributed by atoms with Gasteiger partial charge in [-0.2, -0.15) is 9.59 Å². The molecular formula is C2H5ClO3. The van der Waals surface area contributed by atoms with Crippen molar-refractivity contribution in [3.8, 4) is 0 Å². The Bertz CT molecular complexity index is 29.8. The zero-order valence-corrected chi connectivity index (χ0v) is 3.95. The van der Waals surface area contributed by atoms with Crippen LogP contribution in [0.25, 0.3) is 0 Å². The topological polar surface area (TPSA) is 65.6 Å². The first-order chi connectivity index (χ1) is 2.41. The molecule has 0 saturated carbocycles. The second-order valence-electron chi connectivity index (χ2n) is 0.0833. The van der Waals surface area contributed by atoms with Crippen molar-refractivity contribution in [2.75, 3.05) is 6.38 Å². The molecule has 3 nitrogen and oxygen atoms in total. The zero-order valence-electron chi connectivity index (χ0n) is 3.19. The molecule has 2 N–H and O–H groups in total. The summed E-state index contributed by atoms with van der Waals surface area (Å²) in [6.45, 7) is 0. The van der Waals surface area contributed by atoms with E-state index in [4.69, 9.17) is 9.59 Å². The summed E-state index contributed by atoms with van der Waals surface area (Å²) in [5.41, 5.74) is 0. The molecule has 0 heterocycles. The van der Waals surface area contributed by atoms with Crippen LogP contribution in [0.2, 0.25) is 0 Å². The highest BCUT2D eigenvalue weighted by molar-refractivity contribution is 6.15. The van der Waals surface area contributed by atoms with Crippen LogP contribution < -0.4 is 0 Å². The molecule has 0 aromatic rings. The van der Waals surface area contributed by atoms with E-state index in [1.54, 1.807) is 0 Å². The predicted molar refractivity (Wildman–Crippen MR) is 20.4 cm³/mol. The molecule has 0 unspecified atom stereocenters. The number of hydrogen-bond donors (Lipinski definition) is 0. The van der Waals surface area contributed by atoms with Gasteiger partial charge in [-0.1, -0.05) is 0 Å². The Hall–Kier alpha value is -0.370. The summed E-state index contributed by atoms with van der Waals surface area (Å²) in [7, 11) is 0. The van der Waals surface area contributed by atoms with E-state index in [0.29, 0.717) is 0 Å². The molecular weight excluding hydrogens is 107 g/mol. The SMILES string of the molecule is CCl.O.O=C=O. The molecule has 0 aliphatic rings. The minimum Gasteiger partial charge on any atom is -0.412 e. The zero-order chi connectivity index (χ0) is 4.71. The van der Waals surface area contributed by atoms with Gasteiger partial charge in [-0.05, 0) is 0 Å². The summed E-state index contributed by atoms with van der Waals surface area (Å²) < 4.78 is 0. The van der Waals surface area contributed by atoms with E-state index in [1.807, 2.05) is 0 Å². The van der Waals surface area contributed by atoms with Gasteiger partial charge in [0.1, 0.15) is 0 Å². The Morgan fingerprint density at radius 3 is 1.33 bits per heavy atom. The van der Waals surface area contributed by atoms with Crippen LogP contribution in [0.1, 0.15) is 0 Å². The highest BCUT2D eigenvalue weighted by atomic mass is 35.5. The van der Waals surface area contributed by atoms with Crippen molar-refractivity contribution in [2.45, 2.75) is 0 Å². The molecule has 0 rings (SSSR count). The lowest BCUT2D eigenvalue weighted by Gasteiger charge is -1.06. The first-order valence-electron chi connectivity index (χ1n) is 0.786.